The van der Waals surface area contributed by atoms with E-state index in [1.807, 2.05) is 0 Å². The zero-order chi connectivity index (χ0) is 22.6. The highest BCUT2D eigenvalue weighted by atomic mass is 79.9. The van der Waals surface area contributed by atoms with Crippen molar-refractivity contribution < 1.29 is 0 Å². The summed E-state index contributed by atoms with van der Waals surface area (Å²) in [5, 5.41) is 5.24. The Morgan fingerprint density at radius 3 is 1.22 bits per heavy atom. The van der Waals surface area contributed by atoms with Gasteiger partial charge < -0.3 is 0 Å². The molecule has 5 aromatic rings. The highest BCUT2D eigenvalue weighted by Crippen LogP contribution is 2.42. The Morgan fingerprint density at radius 1 is 0.406 bits per heavy atom. The van der Waals surface area contributed by atoms with Crippen molar-refractivity contribution in [2.45, 2.75) is 0 Å². The fraction of sp³-hybridized carbons (Fsp3) is 0. The van der Waals surface area contributed by atoms with E-state index in [9.17, 15) is 0 Å². The highest BCUT2D eigenvalue weighted by Gasteiger charge is 2.20. The van der Waals surface area contributed by atoms with E-state index in [-0.39, 0.29) is 0 Å². The fourth-order valence-electron chi connectivity index (χ4n) is 5.20. The van der Waals surface area contributed by atoms with Crippen molar-refractivity contribution in [3.05, 3.63) is 77.3 Å². The molecule has 148 valence electrons. The zero-order valence-corrected chi connectivity index (χ0v) is 20.9. The minimum absolute atomic E-state index is 1.10. The molecule has 6 heteroatoms. The van der Waals surface area contributed by atoms with Crippen LogP contribution in [-0.4, -0.2) is 39.2 Å². The van der Waals surface area contributed by atoms with E-state index in [1.165, 1.54) is 71.1 Å². The standard InChI is InChI=1S/C26H22B5Br/c27-22-21(23(28)25(30)26(31)24(22)29)20-17-7-3-1-5-15(17)19(13-9-11-14(32)12-10-13)16-6-2-4-8-18(16)20/h1-12H,27-31H2. The largest absolute Gasteiger partial charge is 0.139 e. The summed E-state index contributed by atoms with van der Waals surface area (Å²) in [5.74, 6) is 0. The van der Waals surface area contributed by atoms with Gasteiger partial charge in [0.05, 0.1) is 0 Å². The van der Waals surface area contributed by atoms with Crippen LogP contribution >= 0.6 is 15.9 Å². The molecular weight excluding hydrogens is 446 g/mol. The van der Waals surface area contributed by atoms with Gasteiger partial charge in [0.25, 0.3) is 0 Å². The van der Waals surface area contributed by atoms with Crippen LogP contribution in [0.5, 0.6) is 0 Å². The van der Waals surface area contributed by atoms with Crippen LogP contribution in [0.1, 0.15) is 0 Å². The summed E-state index contributed by atoms with van der Waals surface area (Å²) in [6, 6.07) is 26.5. The Labute approximate surface area is 203 Å². The van der Waals surface area contributed by atoms with Crippen molar-refractivity contribution in [2.24, 2.45) is 0 Å². The summed E-state index contributed by atoms with van der Waals surface area (Å²) in [6.45, 7) is 0. The monoisotopic (exact) mass is 468 g/mol. The molecule has 32 heavy (non-hydrogen) atoms. The van der Waals surface area contributed by atoms with Crippen molar-refractivity contribution in [1.29, 1.82) is 0 Å². The Bertz CT molecular complexity index is 1440. The molecule has 0 saturated carbocycles. The third-order valence-corrected chi connectivity index (χ3v) is 7.84. The zero-order valence-electron chi connectivity index (χ0n) is 19.3. The van der Waals surface area contributed by atoms with E-state index in [0.29, 0.717) is 0 Å². The highest BCUT2D eigenvalue weighted by molar-refractivity contribution is 9.10. The maximum Gasteiger partial charge on any atom is 0.139 e. The molecule has 0 fully saturated rings. The molecule has 0 aromatic heterocycles. The van der Waals surface area contributed by atoms with E-state index >= 15 is 0 Å². The smallest absolute Gasteiger partial charge is 0.102 e. The molecule has 5 rings (SSSR count). The lowest BCUT2D eigenvalue weighted by atomic mass is 9.59. The lowest BCUT2D eigenvalue weighted by Crippen LogP contribution is -2.55. The molecule has 0 saturated heterocycles. The van der Waals surface area contributed by atoms with Crippen LogP contribution in [0.4, 0.5) is 0 Å². The first kappa shape index (κ1) is 21.3. The number of hydrogen-bond acceptors (Lipinski definition) is 0. The number of halogens is 1. The lowest BCUT2D eigenvalue weighted by Gasteiger charge is -2.24. The van der Waals surface area contributed by atoms with Crippen LogP contribution in [0.3, 0.4) is 0 Å². The number of benzene rings is 5. The van der Waals surface area contributed by atoms with Gasteiger partial charge in [-0.3, -0.25) is 0 Å². The Hall–Kier alpha value is -2.58. The molecule has 0 heterocycles. The van der Waals surface area contributed by atoms with Gasteiger partial charge in [0.1, 0.15) is 39.2 Å². The van der Waals surface area contributed by atoms with Crippen molar-refractivity contribution in [3.63, 3.8) is 0 Å². The van der Waals surface area contributed by atoms with Gasteiger partial charge in [-0.2, -0.15) is 0 Å². The van der Waals surface area contributed by atoms with Gasteiger partial charge in [-0.05, 0) is 55.9 Å². The molecule has 0 radical (unpaired) electrons. The molecule has 5 aromatic carbocycles. The third-order valence-electron chi connectivity index (χ3n) is 7.31. The van der Waals surface area contributed by atoms with E-state index in [1.54, 1.807) is 0 Å². The van der Waals surface area contributed by atoms with Crippen LogP contribution in [0, 0.1) is 0 Å². The Morgan fingerprint density at radius 2 is 0.781 bits per heavy atom. The first-order valence-corrected chi connectivity index (χ1v) is 12.0. The topological polar surface area (TPSA) is 0 Å². The lowest BCUT2D eigenvalue weighted by molar-refractivity contribution is 1.63. The van der Waals surface area contributed by atoms with Crippen LogP contribution < -0.4 is 27.3 Å². The van der Waals surface area contributed by atoms with Crippen LogP contribution in [-0.2, 0) is 0 Å². The fourth-order valence-corrected chi connectivity index (χ4v) is 5.46. The van der Waals surface area contributed by atoms with Crippen molar-refractivity contribution in [2.75, 3.05) is 0 Å². The van der Waals surface area contributed by atoms with Crippen molar-refractivity contribution >= 4 is 104 Å². The van der Waals surface area contributed by atoms with Crippen LogP contribution in [0.15, 0.2) is 77.3 Å². The van der Waals surface area contributed by atoms with Crippen molar-refractivity contribution in [1.82, 2.24) is 0 Å². The minimum Gasteiger partial charge on any atom is -0.102 e. The normalized spacial score (nSPS) is 11.3. The maximum absolute atomic E-state index is 3.59. The summed E-state index contributed by atoms with van der Waals surface area (Å²) < 4.78 is 1.10. The molecule has 0 unspecified atom stereocenters. The van der Waals surface area contributed by atoms with Crippen molar-refractivity contribution in [3.8, 4) is 22.3 Å². The average molecular weight is 468 g/mol. The van der Waals surface area contributed by atoms with Gasteiger partial charge in [-0.15, -0.1) is 16.4 Å². The molecule has 0 bridgehead atoms. The summed E-state index contributed by atoms with van der Waals surface area (Å²) in [4.78, 5) is 0. The molecule has 0 atom stereocenters. The predicted octanol–water partition coefficient (Wildman–Crippen LogP) is -0.619. The van der Waals surface area contributed by atoms with E-state index in [4.69, 9.17) is 0 Å². The second-order valence-electron chi connectivity index (χ2n) is 8.85. The maximum atomic E-state index is 3.59. The molecule has 0 spiro atoms. The summed E-state index contributed by atoms with van der Waals surface area (Å²) in [5.41, 5.74) is 12.3. The number of fused-ring (bicyclic) bond motifs is 2. The summed E-state index contributed by atoms with van der Waals surface area (Å²) in [7, 11) is 11.4. The molecule has 0 aliphatic carbocycles. The molecule has 0 aliphatic rings. The Kier molecular flexibility index (Phi) is 5.38. The third kappa shape index (κ3) is 3.19. The first-order chi connectivity index (χ1) is 15.4. The number of rotatable bonds is 2. The van der Waals surface area contributed by atoms with Gasteiger partial charge in [-0.1, -0.05) is 87.5 Å². The second kappa shape index (κ2) is 8.08. The quantitative estimate of drug-likeness (QED) is 0.240. The van der Waals surface area contributed by atoms with Gasteiger partial charge >= 0.3 is 0 Å². The van der Waals surface area contributed by atoms with E-state index in [0.717, 1.165) is 4.47 Å². The molecule has 0 amide bonds. The average Bonchev–Trinajstić information content (AvgIpc) is 2.82. The number of hydrogen-bond donors (Lipinski definition) is 0. The van der Waals surface area contributed by atoms with Gasteiger partial charge in [0.2, 0.25) is 0 Å². The van der Waals surface area contributed by atoms with Gasteiger partial charge in [0, 0.05) is 4.47 Å². The first-order valence-electron chi connectivity index (χ1n) is 11.2. The molecule has 0 nitrogen and oxygen atoms in total. The summed E-state index contributed by atoms with van der Waals surface area (Å²) >= 11 is 3.59. The van der Waals surface area contributed by atoms with Crippen LogP contribution in [0.25, 0.3) is 43.8 Å². The van der Waals surface area contributed by atoms with E-state index in [2.05, 4.69) is 128 Å². The predicted molar refractivity (Wildman–Crippen MR) is 161 cm³/mol. The van der Waals surface area contributed by atoms with E-state index < -0.39 is 0 Å². The minimum atomic E-state index is 1.10. The van der Waals surface area contributed by atoms with Gasteiger partial charge in [0.15, 0.2) is 0 Å². The molecular formula is C26H22B5Br. The SMILES string of the molecule is Bc1c(B)c(B)c(-c2c3ccccc3c(-c3ccc(Br)cc3)c3ccccc23)c(B)c1B. The molecule has 0 aliphatic heterocycles. The summed E-state index contributed by atoms with van der Waals surface area (Å²) in [6.07, 6.45) is 0. The van der Waals surface area contributed by atoms with Gasteiger partial charge in [-0.25, -0.2) is 0 Å². The molecule has 0 N–H and O–H groups in total. The van der Waals surface area contributed by atoms with Crippen LogP contribution in [0.2, 0.25) is 0 Å². The second-order valence-corrected chi connectivity index (χ2v) is 9.76. The Balaban J connectivity index is 2.02.